The van der Waals surface area contributed by atoms with Crippen LogP contribution in [-0.2, 0) is 13.0 Å². The molecule has 0 bridgehead atoms. The maximum Gasteiger partial charge on any atom is 0.251 e. The van der Waals surface area contributed by atoms with E-state index < -0.39 is 0 Å². The molecule has 27 heavy (non-hydrogen) atoms. The quantitative estimate of drug-likeness (QED) is 0.904. The summed E-state index contributed by atoms with van der Waals surface area (Å²) in [6.07, 6.45) is 2.94. The topological polar surface area (TPSA) is 50.8 Å². The second-order valence-electron chi connectivity index (χ2n) is 7.37. The number of methoxy groups -OCH3 is 2. The Morgan fingerprint density at radius 2 is 1.78 bits per heavy atom. The second kappa shape index (κ2) is 7.61. The average Bonchev–Trinajstić information content (AvgIpc) is 2.71. The van der Waals surface area contributed by atoms with E-state index in [9.17, 15) is 4.79 Å². The zero-order chi connectivity index (χ0) is 18.8. The van der Waals surface area contributed by atoms with Crippen LogP contribution in [0.4, 0.5) is 0 Å². The number of nitrogens with zero attached hydrogens (tertiary/aromatic N) is 1. The van der Waals surface area contributed by atoms with E-state index in [1.807, 2.05) is 30.3 Å². The van der Waals surface area contributed by atoms with Gasteiger partial charge in [0.2, 0.25) is 0 Å². The predicted molar refractivity (Wildman–Crippen MR) is 104 cm³/mol. The van der Waals surface area contributed by atoms with Crippen molar-refractivity contribution >= 4 is 5.91 Å². The lowest BCUT2D eigenvalue weighted by atomic mass is 9.86. The van der Waals surface area contributed by atoms with Gasteiger partial charge in [-0.1, -0.05) is 18.2 Å². The molecule has 2 aromatic rings. The minimum Gasteiger partial charge on any atom is -0.493 e. The van der Waals surface area contributed by atoms with Gasteiger partial charge in [-0.15, -0.1) is 0 Å². The van der Waals surface area contributed by atoms with Crippen LogP contribution in [-0.4, -0.2) is 43.7 Å². The van der Waals surface area contributed by atoms with Crippen LogP contribution in [0, 0.1) is 0 Å². The standard InChI is InChI=1S/C22H26N2O3/c1-26-20-11-16-10-19-13-18(23-22(25)15-6-4-3-5-7-15)8-9-24(19)14-17(16)12-21(20)27-2/h3-7,11-12,18-19H,8-10,13-14H2,1-2H3,(H,23,25)/t18-,19-/m0/s1. The summed E-state index contributed by atoms with van der Waals surface area (Å²) in [4.78, 5) is 15.0. The Morgan fingerprint density at radius 3 is 2.48 bits per heavy atom. The van der Waals surface area contributed by atoms with E-state index in [1.54, 1.807) is 14.2 Å². The maximum absolute atomic E-state index is 12.5. The number of ether oxygens (including phenoxy) is 2. The number of hydrogen-bond acceptors (Lipinski definition) is 4. The van der Waals surface area contributed by atoms with Gasteiger partial charge in [-0.25, -0.2) is 0 Å². The van der Waals surface area contributed by atoms with Crippen molar-refractivity contribution in [3.63, 3.8) is 0 Å². The average molecular weight is 366 g/mol. The molecule has 1 amide bonds. The van der Waals surface area contributed by atoms with Crippen molar-refractivity contribution in [2.24, 2.45) is 0 Å². The fourth-order valence-corrected chi connectivity index (χ4v) is 4.28. The molecule has 2 heterocycles. The van der Waals surface area contributed by atoms with E-state index in [2.05, 4.69) is 22.3 Å². The number of amides is 1. The molecule has 142 valence electrons. The van der Waals surface area contributed by atoms with Crippen LogP contribution in [0.2, 0.25) is 0 Å². The number of fused-ring (bicyclic) bond motifs is 2. The minimum absolute atomic E-state index is 0.0247. The molecule has 2 atom stereocenters. The third-order valence-corrected chi connectivity index (χ3v) is 5.74. The van der Waals surface area contributed by atoms with Crippen molar-refractivity contribution in [3.05, 3.63) is 59.2 Å². The highest BCUT2D eigenvalue weighted by Crippen LogP contribution is 2.36. The summed E-state index contributed by atoms with van der Waals surface area (Å²) >= 11 is 0. The first-order valence-electron chi connectivity index (χ1n) is 9.51. The molecule has 0 unspecified atom stereocenters. The third-order valence-electron chi connectivity index (χ3n) is 5.74. The minimum atomic E-state index is 0.0247. The maximum atomic E-state index is 12.5. The van der Waals surface area contributed by atoms with Gasteiger partial charge in [0.15, 0.2) is 11.5 Å². The van der Waals surface area contributed by atoms with Crippen LogP contribution in [0.3, 0.4) is 0 Å². The van der Waals surface area contributed by atoms with E-state index >= 15 is 0 Å². The first-order chi connectivity index (χ1) is 13.2. The summed E-state index contributed by atoms with van der Waals surface area (Å²) in [6, 6.07) is 14.3. The van der Waals surface area contributed by atoms with Gasteiger partial charge < -0.3 is 14.8 Å². The van der Waals surface area contributed by atoms with E-state index in [4.69, 9.17) is 9.47 Å². The Balaban J connectivity index is 1.46. The van der Waals surface area contributed by atoms with Gasteiger partial charge in [0, 0.05) is 30.7 Å². The molecule has 0 aromatic heterocycles. The summed E-state index contributed by atoms with van der Waals surface area (Å²) in [5, 5.41) is 3.22. The Labute approximate surface area is 160 Å². The highest BCUT2D eigenvalue weighted by molar-refractivity contribution is 5.94. The molecule has 2 aliphatic rings. The lowest BCUT2D eigenvalue weighted by molar-refractivity contribution is 0.0822. The number of piperidine rings is 1. The molecular weight excluding hydrogens is 340 g/mol. The lowest BCUT2D eigenvalue weighted by Gasteiger charge is -2.43. The van der Waals surface area contributed by atoms with Crippen molar-refractivity contribution in [2.75, 3.05) is 20.8 Å². The normalized spacial score (nSPS) is 21.7. The molecule has 0 aliphatic carbocycles. The van der Waals surface area contributed by atoms with Crippen LogP contribution in [0.1, 0.15) is 34.3 Å². The largest absolute Gasteiger partial charge is 0.493 e. The molecule has 1 fully saturated rings. The van der Waals surface area contributed by atoms with Crippen molar-refractivity contribution in [1.82, 2.24) is 10.2 Å². The third kappa shape index (κ3) is 3.65. The highest BCUT2D eigenvalue weighted by atomic mass is 16.5. The number of hydrogen-bond donors (Lipinski definition) is 1. The van der Waals surface area contributed by atoms with Gasteiger partial charge >= 0.3 is 0 Å². The molecule has 4 rings (SSSR count). The lowest BCUT2D eigenvalue weighted by Crippen LogP contribution is -2.52. The van der Waals surface area contributed by atoms with Gasteiger partial charge in [0.1, 0.15) is 0 Å². The second-order valence-corrected chi connectivity index (χ2v) is 7.37. The zero-order valence-corrected chi connectivity index (χ0v) is 15.9. The Kier molecular flexibility index (Phi) is 5.03. The SMILES string of the molecule is COc1cc2c(cc1OC)CN1CC[C@H](NC(=O)c3ccccc3)C[C@@H]1C2. The van der Waals surface area contributed by atoms with E-state index in [1.165, 1.54) is 11.1 Å². The monoisotopic (exact) mass is 366 g/mol. The predicted octanol–water partition coefficient (Wildman–Crippen LogP) is 3.02. The summed E-state index contributed by atoms with van der Waals surface area (Å²) in [6.45, 7) is 1.93. The Morgan fingerprint density at radius 1 is 1.07 bits per heavy atom. The smallest absolute Gasteiger partial charge is 0.251 e. The van der Waals surface area contributed by atoms with Gasteiger partial charge in [0.05, 0.1) is 14.2 Å². The van der Waals surface area contributed by atoms with Crippen LogP contribution < -0.4 is 14.8 Å². The fourth-order valence-electron chi connectivity index (χ4n) is 4.28. The zero-order valence-electron chi connectivity index (χ0n) is 15.9. The van der Waals surface area contributed by atoms with Crippen LogP contribution in [0.15, 0.2) is 42.5 Å². The number of carbonyl (C=O) groups excluding carboxylic acids is 1. The number of rotatable bonds is 4. The van der Waals surface area contributed by atoms with Gasteiger partial charge in [-0.05, 0) is 54.7 Å². The van der Waals surface area contributed by atoms with Crippen molar-refractivity contribution in [1.29, 1.82) is 0 Å². The summed E-state index contributed by atoms with van der Waals surface area (Å²) in [5.41, 5.74) is 3.37. The summed E-state index contributed by atoms with van der Waals surface area (Å²) < 4.78 is 10.9. The molecule has 1 saturated heterocycles. The van der Waals surface area contributed by atoms with Crippen molar-refractivity contribution < 1.29 is 14.3 Å². The van der Waals surface area contributed by atoms with Crippen LogP contribution in [0.5, 0.6) is 11.5 Å². The van der Waals surface area contributed by atoms with Crippen molar-refractivity contribution in [3.8, 4) is 11.5 Å². The number of nitrogens with one attached hydrogen (secondary N) is 1. The van der Waals surface area contributed by atoms with E-state index in [0.717, 1.165) is 49.4 Å². The highest BCUT2D eigenvalue weighted by Gasteiger charge is 2.33. The van der Waals surface area contributed by atoms with Gasteiger partial charge in [-0.2, -0.15) is 0 Å². The van der Waals surface area contributed by atoms with E-state index in [0.29, 0.717) is 6.04 Å². The molecule has 5 heteroatoms. The first-order valence-corrected chi connectivity index (χ1v) is 9.51. The van der Waals surface area contributed by atoms with Crippen LogP contribution >= 0.6 is 0 Å². The summed E-state index contributed by atoms with van der Waals surface area (Å²) in [5.74, 6) is 1.60. The van der Waals surface area contributed by atoms with E-state index in [-0.39, 0.29) is 11.9 Å². The molecule has 0 radical (unpaired) electrons. The molecule has 5 nitrogen and oxygen atoms in total. The molecule has 2 aromatic carbocycles. The summed E-state index contributed by atoms with van der Waals surface area (Å²) in [7, 11) is 3.35. The van der Waals surface area contributed by atoms with Gasteiger partial charge in [0.25, 0.3) is 5.91 Å². The first kappa shape index (κ1) is 17.9. The molecule has 1 N–H and O–H groups in total. The molecule has 0 spiro atoms. The Bertz CT molecular complexity index is 822. The fraction of sp³-hybridized carbons (Fsp3) is 0.409. The number of benzene rings is 2. The Hall–Kier alpha value is -2.53. The molecule has 0 saturated carbocycles. The number of carbonyl (C=O) groups is 1. The van der Waals surface area contributed by atoms with Crippen molar-refractivity contribution in [2.45, 2.75) is 37.9 Å². The molecular formula is C22H26N2O3. The molecule has 2 aliphatic heterocycles. The van der Waals surface area contributed by atoms with Crippen LogP contribution in [0.25, 0.3) is 0 Å². The van der Waals surface area contributed by atoms with Gasteiger partial charge in [-0.3, -0.25) is 9.69 Å².